The van der Waals surface area contributed by atoms with Gasteiger partial charge in [-0.3, -0.25) is 4.79 Å². The van der Waals surface area contributed by atoms with Crippen LogP contribution in [-0.4, -0.2) is 17.2 Å². The monoisotopic (exact) mass is 336 g/mol. The van der Waals surface area contributed by atoms with E-state index in [9.17, 15) is 14.3 Å². The second-order valence-corrected chi connectivity index (χ2v) is 4.81. The van der Waals surface area contributed by atoms with Crippen LogP contribution in [-0.2, 0) is 0 Å². The second kappa shape index (κ2) is 6.29. The molecule has 0 unspecified atom stereocenters. The molecule has 2 N–H and O–H groups in total. The molecule has 2 aromatic carbocycles. The number of halogens is 2. The number of nitrogens with one attached hydrogen (secondary N) is 1. The van der Waals surface area contributed by atoms with Crippen molar-refractivity contribution in [3.63, 3.8) is 0 Å². The number of hydrazone groups is 1. The summed E-state index contributed by atoms with van der Waals surface area (Å²) in [5.74, 6) is -1.68. The minimum atomic E-state index is -0.768. The lowest BCUT2D eigenvalue weighted by molar-refractivity contribution is 0.0955. The van der Waals surface area contributed by atoms with E-state index in [1.807, 2.05) is 0 Å². The maximum Gasteiger partial charge on any atom is 0.271 e. The third-order valence-corrected chi connectivity index (χ3v) is 2.92. The molecule has 0 aromatic heterocycles. The first-order valence-electron chi connectivity index (χ1n) is 5.64. The van der Waals surface area contributed by atoms with Crippen LogP contribution in [0.1, 0.15) is 15.9 Å². The number of carbonyl (C=O) groups excluding carboxylic acids is 1. The van der Waals surface area contributed by atoms with Crippen molar-refractivity contribution in [1.82, 2.24) is 5.43 Å². The summed E-state index contributed by atoms with van der Waals surface area (Å²) in [5.41, 5.74) is 2.91. The maximum atomic E-state index is 13.3. The van der Waals surface area contributed by atoms with E-state index in [1.54, 1.807) is 30.3 Å². The van der Waals surface area contributed by atoms with Crippen LogP contribution in [0.15, 0.2) is 52.0 Å². The van der Waals surface area contributed by atoms with Gasteiger partial charge in [0.25, 0.3) is 5.91 Å². The van der Waals surface area contributed by atoms with Gasteiger partial charge in [0.1, 0.15) is 0 Å². The number of phenols is 1. The lowest BCUT2D eigenvalue weighted by Gasteiger charge is -2.02. The maximum absolute atomic E-state index is 13.3. The Hall–Kier alpha value is -2.21. The van der Waals surface area contributed by atoms with E-state index in [0.29, 0.717) is 10.0 Å². The molecule has 0 heterocycles. The molecule has 6 heteroatoms. The third kappa shape index (κ3) is 3.42. The molecule has 0 atom stereocenters. The highest BCUT2D eigenvalue weighted by Crippen LogP contribution is 2.24. The molecule has 2 aromatic rings. The van der Waals surface area contributed by atoms with E-state index in [2.05, 4.69) is 26.5 Å². The molecule has 0 bridgehead atoms. The first-order chi connectivity index (χ1) is 9.58. The van der Waals surface area contributed by atoms with Gasteiger partial charge in [0.2, 0.25) is 0 Å². The summed E-state index contributed by atoms with van der Waals surface area (Å²) in [6, 6.07) is 11.2. The van der Waals surface area contributed by atoms with Crippen LogP contribution in [0.3, 0.4) is 0 Å². The van der Waals surface area contributed by atoms with Crippen LogP contribution in [0.2, 0.25) is 0 Å². The van der Waals surface area contributed by atoms with Gasteiger partial charge in [-0.1, -0.05) is 34.1 Å². The largest absolute Gasteiger partial charge is 0.504 e. The molecular formula is C14H10BrFN2O2. The van der Waals surface area contributed by atoms with Crippen molar-refractivity contribution in [1.29, 1.82) is 0 Å². The smallest absolute Gasteiger partial charge is 0.271 e. The molecule has 20 heavy (non-hydrogen) atoms. The van der Waals surface area contributed by atoms with Crippen molar-refractivity contribution >= 4 is 28.1 Å². The number of benzene rings is 2. The van der Waals surface area contributed by atoms with Gasteiger partial charge in [-0.25, -0.2) is 9.82 Å². The molecule has 0 spiro atoms. The molecule has 0 saturated heterocycles. The molecule has 4 nitrogen and oxygen atoms in total. The van der Waals surface area contributed by atoms with E-state index in [4.69, 9.17) is 0 Å². The van der Waals surface area contributed by atoms with Gasteiger partial charge in [0.05, 0.1) is 6.21 Å². The van der Waals surface area contributed by atoms with E-state index < -0.39 is 17.5 Å². The number of phenolic OH excluding ortho intramolecular Hbond substituents is 1. The number of amides is 1. The summed E-state index contributed by atoms with van der Waals surface area (Å²) in [6.45, 7) is 0. The Balaban J connectivity index is 2.10. The van der Waals surface area contributed by atoms with Crippen molar-refractivity contribution < 1.29 is 14.3 Å². The lowest BCUT2D eigenvalue weighted by Crippen LogP contribution is -2.17. The Bertz CT molecular complexity index is 660. The van der Waals surface area contributed by atoms with E-state index in [0.717, 1.165) is 6.07 Å². The zero-order valence-electron chi connectivity index (χ0n) is 10.2. The van der Waals surface area contributed by atoms with Gasteiger partial charge in [-0.05, 0) is 24.3 Å². The molecule has 0 aliphatic heterocycles. The molecule has 0 aliphatic rings. The molecular weight excluding hydrogens is 327 g/mol. The standard InChI is InChI=1S/C14H10BrFN2O2/c15-11-6-10(13(19)12(16)7-11)8-17-18-14(20)9-4-2-1-3-5-9/h1-8,19H,(H,18,20). The summed E-state index contributed by atoms with van der Waals surface area (Å²) < 4.78 is 13.7. The van der Waals surface area contributed by atoms with Crippen LogP contribution < -0.4 is 5.43 Å². The van der Waals surface area contributed by atoms with Crippen molar-refractivity contribution in [2.24, 2.45) is 5.10 Å². The molecule has 0 fully saturated rings. The number of nitrogens with zero attached hydrogens (tertiary/aromatic N) is 1. The highest BCUT2D eigenvalue weighted by atomic mass is 79.9. The SMILES string of the molecule is O=C(NN=Cc1cc(Br)cc(F)c1O)c1ccccc1. The number of rotatable bonds is 3. The molecule has 102 valence electrons. The number of hydrogen-bond donors (Lipinski definition) is 2. The first-order valence-corrected chi connectivity index (χ1v) is 6.43. The van der Waals surface area contributed by atoms with Gasteiger partial charge in [-0.2, -0.15) is 5.10 Å². The Morgan fingerprint density at radius 1 is 1.30 bits per heavy atom. The Labute approximate surface area is 123 Å². The van der Waals surface area contributed by atoms with E-state index >= 15 is 0 Å². The molecule has 2 rings (SSSR count). The fourth-order valence-corrected chi connectivity index (χ4v) is 1.95. The second-order valence-electron chi connectivity index (χ2n) is 3.89. The normalized spacial score (nSPS) is 10.7. The number of carbonyl (C=O) groups is 1. The number of aromatic hydroxyl groups is 1. The predicted molar refractivity (Wildman–Crippen MR) is 77.3 cm³/mol. The van der Waals surface area contributed by atoms with Gasteiger partial charge in [-0.15, -0.1) is 0 Å². The minimum absolute atomic E-state index is 0.158. The Kier molecular flexibility index (Phi) is 4.47. The van der Waals surface area contributed by atoms with Gasteiger partial charge in [0, 0.05) is 15.6 Å². The third-order valence-electron chi connectivity index (χ3n) is 2.46. The lowest BCUT2D eigenvalue weighted by atomic mass is 10.2. The zero-order chi connectivity index (χ0) is 14.5. The highest BCUT2D eigenvalue weighted by Gasteiger charge is 2.07. The Morgan fingerprint density at radius 3 is 2.70 bits per heavy atom. The van der Waals surface area contributed by atoms with Gasteiger partial charge in [0.15, 0.2) is 11.6 Å². The van der Waals surface area contributed by atoms with Crippen LogP contribution in [0.25, 0.3) is 0 Å². The summed E-state index contributed by atoms with van der Waals surface area (Å²) >= 11 is 3.10. The van der Waals surface area contributed by atoms with Crippen LogP contribution in [0, 0.1) is 5.82 Å². The average Bonchev–Trinajstić information content (AvgIpc) is 2.44. The summed E-state index contributed by atoms with van der Waals surface area (Å²) in [5, 5.41) is 13.2. The van der Waals surface area contributed by atoms with E-state index in [1.165, 1.54) is 12.3 Å². The summed E-state index contributed by atoms with van der Waals surface area (Å²) in [4.78, 5) is 11.7. The van der Waals surface area contributed by atoms with Gasteiger partial charge < -0.3 is 5.11 Å². The average molecular weight is 337 g/mol. The van der Waals surface area contributed by atoms with Crippen molar-refractivity contribution in [2.75, 3.05) is 0 Å². The zero-order valence-corrected chi connectivity index (χ0v) is 11.8. The topological polar surface area (TPSA) is 61.7 Å². The summed E-state index contributed by atoms with van der Waals surface area (Å²) in [7, 11) is 0. The summed E-state index contributed by atoms with van der Waals surface area (Å²) in [6.07, 6.45) is 1.17. The molecule has 0 aliphatic carbocycles. The van der Waals surface area contributed by atoms with Gasteiger partial charge >= 0.3 is 0 Å². The van der Waals surface area contributed by atoms with Crippen molar-refractivity contribution in [3.05, 3.63) is 63.9 Å². The quantitative estimate of drug-likeness (QED) is 0.668. The fourth-order valence-electron chi connectivity index (χ4n) is 1.50. The highest BCUT2D eigenvalue weighted by molar-refractivity contribution is 9.10. The van der Waals surface area contributed by atoms with Crippen LogP contribution in [0.5, 0.6) is 5.75 Å². The minimum Gasteiger partial charge on any atom is -0.504 e. The van der Waals surface area contributed by atoms with Crippen molar-refractivity contribution in [3.8, 4) is 5.75 Å². The predicted octanol–water partition coefficient (Wildman–Crippen LogP) is 3.06. The van der Waals surface area contributed by atoms with Crippen LogP contribution >= 0.6 is 15.9 Å². The van der Waals surface area contributed by atoms with E-state index in [-0.39, 0.29) is 5.56 Å². The molecule has 0 radical (unpaired) electrons. The van der Waals surface area contributed by atoms with Crippen molar-refractivity contribution in [2.45, 2.75) is 0 Å². The fraction of sp³-hybridized carbons (Fsp3) is 0. The molecule has 1 amide bonds. The molecule has 0 saturated carbocycles. The first kappa shape index (κ1) is 14.2. The number of hydrogen-bond acceptors (Lipinski definition) is 3. The van der Waals surface area contributed by atoms with Crippen LogP contribution in [0.4, 0.5) is 4.39 Å². The Morgan fingerprint density at radius 2 is 2.00 bits per heavy atom.